The van der Waals surface area contributed by atoms with Gasteiger partial charge in [-0.1, -0.05) is 0 Å². The summed E-state index contributed by atoms with van der Waals surface area (Å²) in [6.07, 6.45) is 2.94. The molecule has 0 bridgehead atoms. The lowest BCUT2D eigenvalue weighted by molar-refractivity contribution is 0.0952. The van der Waals surface area contributed by atoms with Crippen molar-refractivity contribution in [3.05, 3.63) is 29.8 Å². The molecule has 15 heavy (non-hydrogen) atoms. The third-order valence-corrected chi connectivity index (χ3v) is 1.91. The van der Waals surface area contributed by atoms with Gasteiger partial charge in [-0.3, -0.25) is 4.79 Å². The van der Waals surface area contributed by atoms with Gasteiger partial charge in [-0.05, 0) is 31.5 Å². The molecule has 0 atom stereocenters. The molecule has 0 radical (unpaired) electrons. The van der Waals surface area contributed by atoms with E-state index in [4.69, 9.17) is 5.73 Å². The van der Waals surface area contributed by atoms with E-state index in [1.165, 1.54) is 12.3 Å². The van der Waals surface area contributed by atoms with Gasteiger partial charge in [0.25, 0.3) is 5.91 Å². The van der Waals surface area contributed by atoms with Crippen molar-refractivity contribution in [2.75, 3.05) is 13.1 Å². The van der Waals surface area contributed by atoms with Gasteiger partial charge in [-0.25, -0.2) is 4.98 Å². The smallest absolute Gasteiger partial charge is 0.252 e. The molecule has 3 N–H and O–H groups in total. The first-order valence-corrected chi connectivity index (χ1v) is 4.84. The zero-order valence-electron chi connectivity index (χ0n) is 8.37. The predicted octanol–water partition coefficient (Wildman–Crippen LogP) is 0.689. The first-order valence-electron chi connectivity index (χ1n) is 4.84. The van der Waals surface area contributed by atoms with E-state index >= 15 is 0 Å². The zero-order chi connectivity index (χ0) is 11.1. The van der Waals surface area contributed by atoms with Crippen molar-refractivity contribution in [2.24, 2.45) is 5.73 Å². The molecule has 5 heteroatoms. The number of nitrogens with one attached hydrogen (secondary N) is 1. The molecule has 0 aliphatic carbocycles. The van der Waals surface area contributed by atoms with Crippen LogP contribution in [0.3, 0.4) is 0 Å². The summed E-state index contributed by atoms with van der Waals surface area (Å²) in [5.74, 6) is -0.825. The number of aromatic nitrogens is 1. The molecule has 0 aliphatic heterocycles. The van der Waals surface area contributed by atoms with Crippen LogP contribution >= 0.6 is 0 Å². The first-order chi connectivity index (χ1) is 7.24. The van der Waals surface area contributed by atoms with Gasteiger partial charge in [0.05, 0.1) is 5.56 Å². The predicted molar refractivity (Wildman–Crippen MR) is 54.8 cm³/mol. The average Bonchev–Trinajstić information content (AvgIpc) is 2.25. The molecule has 1 heterocycles. The molecule has 1 aromatic heterocycles. The Labute approximate surface area is 87.7 Å². The Morgan fingerprint density at radius 3 is 2.87 bits per heavy atom. The van der Waals surface area contributed by atoms with E-state index in [2.05, 4.69) is 10.3 Å². The minimum Gasteiger partial charge on any atom is -0.352 e. The molecule has 1 amide bonds. The number of halogens is 1. The van der Waals surface area contributed by atoms with E-state index in [1.807, 2.05) is 0 Å². The van der Waals surface area contributed by atoms with Crippen LogP contribution in [0.1, 0.15) is 23.2 Å². The van der Waals surface area contributed by atoms with Crippen LogP contribution in [0, 0.1) is 5.95 Å². The van der Waals surface area contributed by atoms with Crippen LogP contribution in [0.15, 0.2) is 18.3 Å². The molecule has 1 aromatic rings. The van der Waals surface area contributed by atoms with Gasteiger partial charge >= 0.3 is 0 Å². The standard InChI is InChI=1S/C10H14FN3O/c11-9-4-3-8(7-14-9)10(15)13-6-2-1-5-12/h3-4,7H,1-2,5-6,12H2,(H,13,15). The number of nitrogens with zero attached hydrogens (tertiary/aromatic N) is 1. The maximum Gasteiger partial charge on any atom is 0.252 e. The highest BCUT2D eigenvalue weighted by molar-refractivity contribution is 5.93. The van der Waals surface area contributed by atoms with Crippen molar-refractivity contribution < 1.29 is 9.18 Å². The number of carbonyl (C=O) groups is 1. The van der Waals surface area contributed by atoms with Crippen molar-refractivity contribution in [2.45, 2.75) is 12.8 Å². The van der Waals surface area contributed by atoms with Gasteiger partial charge in [0, 0.05) is 12.7 Å². The van der Waals surface area contributed by atoms with Gasteiger partial charge in [0.2, 0.25) is 5.95 Å². The minimum absolute atomic E-state index is 0.237. The van der Waals surface area contributed by atoms with Gasteiger partial charge in [0.15, 0.2) is 0 Å². The molecule has 0 aliphatic rings. The van der Waals surface area contributed by atoms with E-state index in [9.17, 15) is 9.18 Å². The number of carbonyl (C=O) groups excluding carboxylic acids is 1. The average molecular weight is 211 g/mol. The molecule has 4 nitrogen and oxygen atoms in total. The summed E-state index contributed by atoms with van der Waals surface area (Å²) >= 11 is 0. The van der Waals surface area contributed by atoms with Gasteiger partial charge in [-0.2, -0.15) is 4.39 Å². The molecular weight excluding hydrogens is 197 g/mol. The maximum atomic E-state index is 12.4. The second-order valence-electron chi connectivity index (χ2n) is 3.12. The SMILES string of the molecule is NCCCCNC(=O)c1ccc(F)nc1. The number of hydrogen-bond donors (Lipinski definition) is 2. The van der Waals surface area contributed by atoms with E-state index in [0.717, 1.165) is 18.9 Å². The summed E-state index contributed by atoms with van der Waals surface area (Å²) in [6, 6.07) is 2.56. The molecule has 82 valence electrons. The Morgan fingerprint density at radius 2 is 2.27 bits per heavy atom. The van der Waals surface area contributed by atoms with Crippen LogP contribution in [0.4, 0.5) is 4.39 Å². The molecule has 0 spiro atoms. The minimum atomic E-state index is -0.588. The van der Waals surface area contributed by atoms with Gasteiger partial charge in [0.1, 0.15) is 0 Å². The Hall–Kier alpha value is -1.49. The van der Waals surface area contributed by atoms with Crippen LogP contribution < -0.4 is 11.1 Å². The molecule has 0 unspecified atom stereocenters. The summed E-state index contributed by atoms with van der Waals surface area (Å²) in [5, 5.41) is 2.70. The quantitative estimate of drug-likeness (QED) is 0.556. The van der Waals surface area contributed by atoms with Crippen LogP contribution in [0.5, 0.6) is 0 Å². The van der Waals surface area contributed by atoms with Crippen LogP contribution in [0.25, 0.3) is 0 Å². The fraction of sp³-hybridized carbons (Fsp3) is 0.400. The molecule has 0 fully saturated rings. The number of rotatable bonds is 5. The lowest BCUT2D eigenvalue weighted by atomic mass is 10.2. The number of hydrogen-bond acceptors (Lipinski definition) is 3. The fourth-order valence-electron chi connectivity index (χ4n) is 1.08. The van der Waals surface area contributed by atoms with Crippen LogP contribution in [-0.2, 0) is 0 Å². The van der Waals surface area contributed by atoms with E-state index in [-0.39, 0.29) is 5.91 Å². The number of unbranched alkanes of at least 4 members (excludes halogenated alkanes) is 1. The van der Waals surface area contributed by atoms with Crippen molar-refractivity contribution in [1.82, 2.24) is 10.3 Å². The molecular formula is C10H14FN3O. The Kier molecular flexibility index (Phi) is 4.70. The highest BCUT2D eigenvalue weighted by Crippen LogP contribution is 1.98. The second kappa shape index (κ2) is 6.08. The van der Waals surface area contributed by atoms with E-state index < -0.39 is 5.95 Å². The number of nitrogens with two attached hydrogens (primary N) is 1. The summed E-state index contributed by atoms with van der Waals surface area (Å²) in [7, 11) is 0. The van der Waals surface area contributed by atoms with Crippen molar-refractivity contribution in [1.29, 1.82) is 0 Å². The molecule has 0 saturated heterocycles. The largest absolute Gasteiger partial charge is 0.352 e. The van der Waals surface area contributed by atoms with E-state index in [0.29, 0.717) is 18.7 Å². The highest BCUT2D eigenvalue weighted by Gasteiger charge is 2.04. The lowest BCUT2D eigenvalue weighted by Gasteiger charge is -2.03. The molecule has 1 rings (SSSR count). The third kappa shape index (κ3) is 4.03. The summed E-state index contributed by atoms with van der Waals surface area (Å²) in [4.78, 5) is 14.8. The van der Waals surface area contributed by atoms with Crippen molar-refractivity contribution in [3.63, 3.8) is 0 Å². The third-order valence-electron chi connectivity index (χ3n) is 1.91. The fourth-order valence-corrected chi connectivity index (χ4v) is 1.08. The Balaban J connectivity index is 2.37. The lowest BCUT2D eigenvalue weighted by Crippen LogP contribution is -2.25. The van der Waals surface area contributed by atoms with Gasteiger partial charge in [-0.15, -0.1) is 0 Å². The molecule has 0 aromatic carbocycles. The van der Waals surface area contributed by atoms with Crippen LogP contribution in [-0.4, -0.2) is 24.0 Å². The summed E-state index contributed by atoms with van der Waals surface area (Å²) < 4.78 is 12.4. The normalized spacial score (nSPS) is 10.0. The summed E-state index contributed by atoms with van der Waals surface area (Å²) in [5.41, 5.74) is 5.67. The molecule has 0 saturated carbocycles. The maximum absolute atomic E-state index is 12.4. The summed E-state index contributed by atoms with van der Waals surface area (Å²) in [6.45, 7) is 1.20. The number of pyridine rings is 1. The first kappa shape index (κ1) is 11.6. The Bertz CT molecular complexity index is 313. The zero-order valence-corrected chi connectivity index (χ0v) is 8.37. The van der Waals surface area contributed by atoms with Gasteiger partial charge < -0.3 is 11.1 Å². The highest BCUT2D eigenvalue weighted by atomic mass is 19.1. The Morgan fingerprint density at radius 1 is 1.47 bits per heavy atom. The van der Waals surface area contributed by atoms with Crippen molar-refractivity contribution in [3.8, 4) is 0 Å². The second-order valence-corrected chi connectivity index (χ2v) is 3.12. The monoisotopic (exact) mass is 211 g/mol. The number of amides is 1. The van der Waals surface area contributed by atoms with E-state index in [1.54, 1.807) is 0 Å². The van der Waals surface area contributed by atoms with Crippen molar-refractivity contribution >= 4 is 5.91 Å². The topological polar surface area (TPSA) is 68.0 Å². The van der Waals surface area contributed by atoms with Crippen LogP contribution in [0.2, 0.25) is 0 Å².